The third kappa shape index (κ3) is 5.64. The van der Waals surface area contributed by atoms with Crippen molar-refractivity contribution in [1.82, 2.24) is 0 Å². The standard InChI is InChI=1S/C13H24O3SSe/c1-5-6-7-17-12(18-4)8-10(14)11-9-15-13(2,3)16-11/h8,10-11,14H,5-7,9H2,1-4H3/b12-8-/t10?,11-/m1/s1. The van der Waals surface area contributed by atoms with Crippen LogP contribution in [-0.2, 0) is 9.47 Å². The summed E-state index contributed by atoms with van der Waals surface area (Å²) in [6, 6.07) is 0. The number of aliphatic hydroxyl groups excluding tert-OH is 1. The Labute approximate surface area is 121 Å². The molecular weight excluding hydrogens is 315 g/mol. The van der Waals surface area contributed by atoms with Crippen LogP contribution in [0, 0.1) is 0 Å². The summed E-state index contributed by atoms with van der Waals surface area (Å²) in [6.45, 7) is 6.42. The van der Waals surface area contributed by atoms with E-state index in [1.807, 2.05) is 31.7 Å². The van der Waals surface area contributed by atoms with Crippen LogP contribution in [0.1, 0.15) is 33.6 Å². The van der Waals surface area contributed by atoms with Crippen molar-refractivity contribution in [1.29, 1.82) is 0 Å². The summed E-state index contributed by atoms with van der Waals surface area (Å²) >= 11 is 2.29. The fraction of sp³-hybridized carbons (Fsp3) is 0.846. The molecule has 1 aliphatic rings. The SMILES string of the molecule is CCCCS/C(=C/C(O)[C@H]1COC(C)(C)O1)[Se]C. The van der Waals surface area contributed by atoms with E-state index < -0.39 is 11.9 Å². The summed E-state index contributed by atoms with van der Waals surface area (Å²) in [4.78, 5) is 0. The van der Waals surface area contributed by atoms with Crippen molar-refractivity contribution in [3.63, 3.8) is 0 Å². The van der Waals surface area contributed by atoms with Gasteiger partial charge in [0.25, 0.3) is 0 Å². The molecule has 106 valence electrons. The van der Waals surface area contributed by atoms with E-state index in [0.717, 1.165) is 5.75 Å². The third-order valence-corrected chi connectivity index (χ3v) is 6.31. The molecule has 0 saturated carbocycles. The molecule has 0 amide bonds. The third-order valence-electron chi connectivity index (χ3n) is 2.66. The van der Waals surface area contributed by atoms with Crippen LogP contribution in [0.25, 0.3) is 0 Å². The summed E-state index contributed by atoms with van der Waals surface area (Å²) in [6.07, 6.45) is 3.61. The van der Waals surface area contributed by atoms with E-state index in [1.165, 1.54) is 16.6 Å². The predicted molar refractivity (Wildman–Crippen MR) is 78.0 cm³/mol. The molecule has 0 aliphatic carbocycles. The van der Waals surface area contributed by atoms with Crippen molar-refractivity contribution in [3.05, 3.63) is 9.88 Å². The van der Waals surface area contributed by atoms with Gasteiger partial charge in [0.1, 0.15) is 0 Å². The van der Waals surface area contributed by atoms with E-state index in [1.54, 1.807) is 0 Å². The summed E-state index contributed by atoms with van der Waals surface area (Å²) < 4.78 is 12.4. The van der Waals surface area contributed by atoms with Crippen molar-refractivity contribution >= 4 is 26.7 Å². The molecule has 2 atom stereocenters. The molecule has 0 aromatic heterocycles. The summed E-state index contributed by atoms with van der Waals surface area (Å²) in [5, 5.41) is 10.2. The zero-order valence-corrected chi connectivity index (χ0v) is 14.2. The average molecular weight is 339 g/mol. The number of aliphatic hydroxyl groups is 1. The number of hydrogen-bond acceptors (Lipinski definition) is 4. The van der Waals surface area contributed by atoms with Crippen LogP contribution in [0.3, 0.4) is 0 Å². The summed E-state index contributed by atoms with van der Waals surface area (Å²) in [5.74, 6) is 2.75. The molecule has 3 nitrogen and oxygen atoms in total. The molecule has 1 saturated heterocycles. The van der Waals surface area contributed by atoms with Gasteiger partial charge in [-0.1, -0.05) is 0 Å². The second-order valence-corrected chi connectivity index (χ2v) is 8.25. The second-order valence-electron chi connectivity index (χ2n) is 4.75. The molecule has 0 aromatic rings. The zero-order valence-electron chi connectivity index (χ0n) is 11.6. The Hall–Kier alpha value is 0.489. The van der Waals surface area contributed by atoms with Crippen LogP contribution in [0.2, 0.25) is 5.82 Å². The predicted octanol–water partition coefficient (Wildman–Crippen LogP) is 2.63. The van der Waals surface area contributed by atoms with Gasteiger partial charge in [0.05, 0.1) is 0 Å². The molecule has 5 heteroatoms. The monoisotopic (exact) mass is 340 g/mol. The van der Waals surface area contributed by atoms with E-state index in [-0.39, 0.29) is 6.10 Å². The van der Waals surface area contributed by atoms with Gasteiger partial charge in [0.15, 0.2) is 0 Å². The van der Waals surface area contributed by atoms with E-state index in [0.29, 0.717) is 21.6 Å². The molecule has 0 radical (unpaired) electrons. The van der Waals surface area contributed by atoms with Gasteiger partial charge in [0, 0.05) is 0 Å². The minimum atomic E-state index is -0.563. The van der Waals surface area contributed by atoms with Crippen molar-refractivity contribution in [2.75, 3.05) is 12.4 Å². The van der Waals surface area contributed by atoms with Crippen molar-refractivity contribution in [2.24, 2.45) is 0 Å². The first-order chi connectivity index (χ1) is 8.48. The minimum absolute atomic E-state index is 0.232. The molecule has 18 heavy (non-hydrogen) atoms. The van der Waals surface area contributed by atoms with Gasteiger partial charge < -0.3 is 0 Å². The Morgan fingerprint density at radius 3 is 2.83 bits per heavy atom. The normalized spacial score (nSPS) is 25.4. The Kier molecular flexibility index (Phi) is 7.29. The van der Waals surface area contributed by atoms with Crippen LogP contribution in [-0.4, -0.2) is 50.4 Å². The number of rotatable bonds is 7. The number of thioether (sulfide) groups is 1. The number of ether oxygens (including phenoxy) is 2. The molecule has 1 heterocycles. The van der Waals surface area contributed by atoms with Gasteiger partial charge in [-0.15, -0.1) is 0 Å². The van der Waals surface area contributed by atoms with Crippen molar-refractivity contribution < 1.29 is 14.6 Å². The molecular formula is C13H24O3SSe. The molecule has 1 aliphatic heterocycles. The van der Waals surface area contributed by atoms with Crippen LogP contribution in [0.4, 0.5) is 0 Å². The van der Waals surface area contributed by atoms with E-state index in [9.17, 15) is 5.11 Å². The van der Waals surface area contributed by atoms with E-state index in [2.05, 4.69) is 12.7 Å². The van der Waals surface area contributed by atoms with Gasteiger partial charge >= 0.3 is 121 Å². The topological polar surface area (TPSA) is 38.7 Å². The molecule has 1 rings (SSSR count). The fourth-order valence-electron chi connectivity index (χ4n) is 1.62. The van der Waals surface area contributed by atoms with Gasteiger partial charge in [-0.25, -0.2) is 0 Å². The maximum absolute atomic E-state index is 10.2. The Morgan fingerprint density at radius 1 is 1.61 bits per heavy atom. The van der Waals surface area contributed by atoms with Gasteiger partial charge in [-0.2, -0.15) is 0 Å². The molecule has 1 fully saturated rings. The van der Waals surface area contributed by atoms with Crippen molar-refractivity contribution in [2.45, 2.75) is 57.4 Å². The molecule has 1 unspecified atom stereocenters. The zero-order chi connectivity index (χ0) is 13.6. The maximum atomic E-state index is 10.2. The molecule has 0 aromatic carbocycles. The molecule has 1 N–H and O–H groups in total. The van der Waals surface area contributed by atoms with Crippen LogP contribution >= 0.6 is 11.8 Å². The quantitative estimate of drug-likeness (QED) is 0.572. The molecule has 0 bridgehead atoms. The van der Waals surface area contributed by atoms with Crippen molar-refractivity contribution in [3.8, 4) is 0 Å². The Balaban J connectivity index is 2.46. The van der Waals surface area contributed by atoms with Gasteiger partial charge in [-0.3, -0.25) is 0 Å². The van der Waals surface area contributed by atoms with E-state index in [4.69, 9.17) is 9.47 Å². The first-order valence-corrected chi connectivity index (χ1v) is 9.92. The first kappa shape index (κ1) is 16.5. The average Bonchev–Trinajstić information content (AvgIpc) is 2.68. The van der Waals surface area contributed by atoms with Crippen LogP contribution < -0.4 is 0 Å². The Bertz CT molecular complexity index is 281. The number of hydrogen-bond donors (Lipinski definition) is 1. The first-order valence-electron chi connectivity index (χ1n) is 6.37. The van der Waals surface area contributed by atoms with Crippen LogP contribution in [0.15, 0.2) is 9.88 Å². The second kappa shape index (κ2) is 7.93. The van der Waals surface area contributed by atoms with Gasteiger partial charge in [0.2, 0.25) is 0 Å². The Morgan fingerprint density at radius 2 is 2.33 bits per heavy atom. The van der Waals surface area contributed by atoms with E-state index >= 15 is 0 Å². The fourth-order valence-corrected chi connectivity index (χ4v) is 4.45. The number of unbranched alkanes of at least 4 members (excludes halogenated alkanes) is 1. The van der Waals surface area contributed by atoms with Crippen LogP contribution in [0.5, 0.6) is 0 Å². The summed E-state index contributed by atoms with van der Waals surface area (Å²) in [7, 11) is 0. The van der Waals surface area contributed by atoms with Gasteiger partial charge in [-0.05, 0) is 0 Å². The molecule has 0 spiro atoms. The summed E-state index contributed by atoms with van der Waals surface area (Å²) in [5.41, 5.74) is 0.